The van der Waals surface area contributed by atoms with Gasteiger partial charge in [0.15, 0.2) is 17.5 Å². The van der Waals surface area contributed by atoms with Crippen molar-refractivity contribution in [3.8, 4) is 78.8 Å². The highest BCUT2D eigenvalue weighted by Gasteiger charge is 2.15. The van der Waals surface area contributed by atoms with E-state index in [9.17, 15) is 0 Å². The molecule has 0 aliphatic carbocycles. The molecule has 5 nitrogen and oxygen atoms in total. The van der Waals surface area contributed by atoms with Gasteiger partial charge in [-0.25, -0.2) is 15.0 Å². The van der Waals surface area contributed by atoms with E-state index in [1.807, 2.05) is 48.5 Å². The Hall–Kier alpha value is -7.11. The summed E-state index contributed by atoms with van der Waals surface area (Å²) in [5, 5.41) is 10.3. The topological polar surface area (TPSA) is 64.5 Å². The molecule has 0 radical (unpaired) electrons. The van der Waals surface area contributed by atoms with E-state index in [-0.39, 0.29) is 0 Å². The molecule has 2 aromatic heterocycles. The minimum atomic E-state index is 0.634. The third-order valence-corrected chi connectivity index (χ3v) is 10.0. The fourth-order valence-electron chi connectivity index (χ4n) is 6.96. The lowest BCUT2D eigenvalue weighted by atomic mass is 9.94. The lowest BCUT2D eigenvalue weighted by Gasteiger charge is -2.13. The zero-order valence-corrected chi connectivity index (χ0v) is 30.0. The largest absolute Gasteiger partial charge is 0.208 e. The first-order chi connectivity index (χ1) is 26.6. The monoisotopic (exact) mass is 693 g/mol. The van der Waals surface area contributed by atoms with Crippen molar-refractivity contribution in [2.24, 2.45) is 0 Å². The summed E-state index contributed by atoms with van der Waals surface area (Å²) in [6.07, 6.45) is 0. The maximum absolute atomic E-state index is 4.97. The molecule has 54 heavy (non-hydrogen) atoms. The molecular formula is C49H35N5. The molecule has 9 rings (SSSR count). The zero-order chi connectivity index (χ0) is 36.4. The van der Waals surface area contributed by atoms with Gasteiger partial charge in [-0.05, 0) is 70.5 Å². The Morgan fingerprint density at radius 2 is 0.722 bits per heavy atom. The molecule has 0 bridgehead atoms. The molecule has 0 amide bonds. The van der Waals surface area contributed by atoms with Crippen molar-refractivity contribution in [2.45, 2.75) is 13.8 Å². The van der Waals surface area contributed by atoms with E-state index in [2.05, 4.69) is 151 Å². The number of aromatic nitrogens is 5. The second-order valence-corrected chi connectivity index (χ2v) is 13.5. The third-order valence-electron chi connectivity index (χ3n) is 10.0. The summed E-state index contributed by atoms with van der Waals surface area (Å²) < 4.78 is 0. The van der Waals surface area contributed by atoms with Gasteiger partial charge in [-0.15, -0.1) is 10.2 Å². The average molecular weight is 694 g/mol. The van der Waals surface area contributed by atoms with Crippen LogP contribution in [-0.4, -0.2) is 25.1 Å². The molecule has 0 aliphatic heterocycles. The second-order valence-electron chi connectivity index (χ2n) is 13.5. The molecule has 0 saturated heterocycles. The molecule has 256 valence electrons. The summed E-state index contributed by atoms with van der Waals surface area (Å²) in [7, 11) is 0. The molecule has 0 spiro atoms. The molecule has 5 heteroatoms. The maximum Gasteiger partial charge on any atom is 0.164 e. The van der Waals surface area contributed by atoms with E-state index in [0.29, 0.717) is 17.5 Å². The standard InChI is InChI=1S/C49H35N5/c1-32-17-18-42(31-44(32)46-33(2)43-15-9-10-16-45(43)53-54-46)38-21-19-36(20-22-38)37-25-29-41(30-26-37)49-51-47(39-13-7-4-8-14-39)50-48(52-49)40-27-23-35(24-28-40)34-11-5-3-6-12-34/h3-31H,1-2H3. The maximum atomic E-state index is 4.97. The first-order valence-electron chi connectivity index (χ1n) is 18.1. The summed E-state index contributed by atoms with van der Waals surface area (Å²) in [5.74, 6) is 1.92. The van der Waals surface area contributed by atoms with Gasteiger partial charge in [0, 0.05) is 27.6 Å². The number of fused-ring (bicyclic) bond motifs is 1. The Bertz CT molecular complexity index is 2740. The number of hydrogen-bond acceptors (Lipinski definition) is 5. The molecule has 0 N–H and O–H groups in total. The van der Waals surface area contributed by atoms with Gasteiger partial charge < -0.3 is 0 Å². The van der Waals surface area contributed by atoms with Crippen LogP contribution in [0.15, 0.2) is 176 Å². The van der Waals surface area contributed by atoms with E-state index in [1.165, 1.54) is 11.1 Å². The predicted molar refractivity (Wildman–Crippen MR) is 220 cm³/mol. The van der Waals surface area contributed by atoms with E-state index in [0.717, 1.165) is 72.2 Å². The van der Waals surface area contributed by atoms with Crippen LogP contribution in [0.4, 0.5) is 0 Å². The van der Waals surface area contributed by atoms with Crippen LogP contribution in [0.2, 0.25) is 0 Å². The van der Waals surface area contributed by atoms with Crippen LogP contribution in [-0.2, 0) is 0 Å². The zero-order valence-electron chi connectivity index (χ0n) is 30.0. The van der Waals surface area contributed by atoms with Gasteiger partial charge in [0.1, 0.15) is 0 Å². The number of aryl methyl sites for hydroxylation is 2. The average Bonchev–Trinajstić information content (AvgIpc) is 3.25. The molecule has 2 heterocycles. The predicted octanol–water partition coefficient (Wildman–Crippen LogP) is 12.1. The number of rotatable bonds is 7. The van der Waals surface area contributed by atoms with Gasteiger partial charge in [-0.1, -0.05) is 164 Å². The highest BCUT2D eigenvalue weighted by molar-refractivity contribution is 5.88. The van der Waals surface area contributed by atoms with Crippen LogP contribution >= 0.6 is 0 Å². The number of benzene rings is 7. The van der Waals surface area contributed by atoms with Gasteiger partial charge in [-0.2, -0.15) is 0 Å². The van der Waals surface area contributed by atoms with Crippen molar-refractivity contribution in [1.29, 1.82) is 0 Å². The van der Waals surface area contributed by atoms with Crippen LogP contribution in [0, 0.1) is 13.8 Å². The van der Waals surface area contributed by atoms with Crippen LogP contribution in [0.1, 0.15) is 11.1 Å². The van der Waals surface area contributed by atoms with Crippen molar-refractivity contribution in [2.75, 3.05) is 0 Å². The quantitative estimate of drug-likeness (QED) is 0.166. The van der Waals surface area contributed by atoms with Crippen LogP contribution in [0.25, 0.3) is 89.7 Å². The number of hydrogen-bond donors (Lipinski definition) is 0. The molecule has 0 saturated carbocycles. The van der Waals surface area contributed by atoms with Crippen molar-refractivity contribution < 1.29 is 0 Å². The Labute approximate surface area is 314 Å². The highest BCUT2D eigenvalue weighted by Crippen LogP contribution is 2.34. The Kier molecular flexibility index (Phi) is 8.58. The van der Waals surface area contributed by atoms with Gasteiger partial charge in [-0.3, -0.25) is 0 Å². The van der Waals surface area contributed by atoms with Gasteiger partial charge in [0.05, 0.1) is 11.2 Å². The van der Waals surface area contributed by atoms with E-state index < -0.39 is 0 Å². The first kappa shape index (κ1) is 32.8. The smallest absolute Gasteiger partial charge is 0.164 e. The summed E-state index contributed by atoms with van der Waals surface area (Å²) >= 11 is 0. The minimum absolute atomic E-state index is 0.634. The molecule has 0 fully saturated rings. The Balaban J connectivity index is 1.00. The number of nitrogens with zero attached hydrogens (tertiary/aromatic N) is 5. The molecule has 0 atom stereocenters. The fourth-order valence-corrected chi connectivity index (χ4v) is 6.96. The lowest BCUT2D eigenvalue weighted by molar-refractivity contribution is 1.07. The molecule has 0 aliphatic rings. The summed E-state index contributed by atoms with van der Waals surface area (Å²) in [6, 6.07) is 60.8. The normalized spacial score (nSPS) is 11.1. The van der Waals surface area contributed by atoms with Crippen molar-refractivity contribution in [1.82, 2.24) is 25.1 Å². The second kappa shape index (κ2) is 14.1. The highest BCUT2D eigenvalue weighted by atomic mass is 15.1. The molecular weight excluding hydrogens is 659 g/mol. The van der Waals surface area contributed by atoms with Crippen LogP contribution in [0.5, 0.6) is 0 Å². The molecule has 7 aromatic carbocycles. The van der Waals surface area contributed by atoms with Crippen molar-refractivity contribution in [3.05, 3.63) is 187 Å². The molecule has 9 aromatic rings. The van der Waals surface area contributed by atoms with Gasteiger partial charge in [0.25, 0.3) is 0 Å². The summed E-state index contributed by atoms with van der Waals surface area (Å²) in [6.45, 7) is 4.26. The van der Waals surface area contributed by atoms with E-state index in [4.69, 9.17) is 15.0 Å². The summed E-state index contributed by atoms with van der Waals surface area (Å²) in [5.41, 5.74) is 14.9. The lowest BCUT2D eigenvalue weighted by Crippen LogP contribution is -2.00. The van der Waals surface area contributed by atoms with E-state index >= 15 is 0 Å². The van der Waals surface area contributed by atoms with Gasteiger partial charge in [0.2, 0.25) is 0 Å². The third kappa shape index (κ3) is 6.44. The van der Waals surface area contributed by atoms with Gasteiger partial charge >= 0.3 is 0 Å². The SMILES string of the molecule is Cc1ccc(-c2ccc(-c3ccc(-c4nc(-c5ccccc5)nc(-c5ccc(-c6ccccc6)cc5)n4)cc3)cc2)cc1-c1nnc2ccccc2c1C. The molecule has 0 unspecified atom stereocenters. The Morgan fingerprint density at radius 1 is 0.333 bits per heavy atom. The first-order valence-corrected chi connectivity index (χ1v) is 18.1. The fraction of sp³-hybridized carbons (Fsp3) is 0.0408. The Morgan fingerprint density at radius 3 is 1.26 bits per heavy atom. The van der Waals surface area contributed by atoms with Crippen LogP contribution < -0.4 is 0 Å². The van der Waals surface area contributed by atoms with Crippen molar-refractivity contribution >= 4 is 10.9 Å². The van der Waals surface area contributed by atoms with Crippen molar-refractivity contribution in [3.63, 3.8) is 0 Å². The summed E-state index contributed by atoms with van der Waals surface area (Å²) in [4.78, 5) is 14.8. The van der Waals surface area contributed by atoms with Crippen LogP contribution in [0.3, 0.4) is 0 Å². The minimum Gasteiger partial charge on any atom is -0.208 e. The van der Waals surface area contributed by atoms with E-state index in [1.54, 1.807) is 0 Å².